The van der Waals surface area contributed by atoms with Crippen molar-refractivity contribution in [2.24, 2.45) is 0 Å². The first-order valence-corrected chi connectivity index (χ1v) is 9.50. The fourth-order valence-electron chi connectivity index (χ4n) is 2.90. The van der Waals surface area contributed by atoms with E-state index < -0.39 is 18.0 Å². The molecule has 1 N–H and O–H groups in total. The highest BCUT2D eigenvalue weighted by molar-refractivity contribution is 7.14. The molecule has 2 aromatic rings. The summed E-state index contributed by atoms with van der Waals surface area (Å²) in [5.74, 6) is -0.905. The van der Waals surface area contributed by atoms with Crippen LogP contribution >= 0.6 is 11.3 Å². The van der Waals surface area contributed by atoms with E-state index in [1.54, 1.807) is 31.2 Å². The number of nitrogens with one attached hydrogen (secondary N) is 1. The van der Waals surface area contributed by atoms with Crippen molar-refractivity contribution in [1.82, 2.24) is 0 Å². The number of aryl methyl sites for hydroxylation is 2. The molecule has 3 rings (SSSR count). The van der Waals surface area contributed by atoms with Crippen LogP contribution in [0.25, 0.3) is 0 Å². The van der Waals surface area contributed by atoms with Crippen LogP contribution in [0.3, 0.4) is 0 Å². The summed E-state index contributed by atoms with van der Waals surface area (Å²) in [6.07, 6.45) is 3.42. The summed E-state index contributed by atoms with van der Waals surface area (Å²) in [5.41, 5.74) is 2.36. The predicted molar refractivity (Wildman–Crippen MR) is 101 cm³/mol. The summed E-state index contributed by atoms with van der Waals surface area (Å²) in [4.78, 5) is 37.6. The van der Waals surface area contributed by atoms with Crippen LogP contribution in [0.15, 0.2) is 30.3 Å². The average Bonchev–Trinajstić information content (AvgIpc) is 3.06. The lowest BCUT2D eigenvalue weighted by Crippen LogP contribution is -2.29. The van der Waals surface area contributed by atoms with E-state index >= 15 is 0 Å². The molecule has 1 aliphatic rings. The fraction of sp³-hybridized carbons (Fsp3) is 0.350. The molecule has 0 spiro atoms. The smallest absolute Gasteiger partial charge is 0.349 e. The summed E-state index contributed by atoms with van der Waals surface area (Å²) in [7, 11) is 0. The van der Waals surface area contributed by atoms with Gasteiger partial charge in [0.15, 0.2) is 11.9 Å². The molecule has 136 valence electrons. The van der Waals surface area contributed by atoms with Gasteiger partial charge in [-0.05, 0) is 75.4 Å². The van der Waals surface area contributed by atoms with Gasteiger partial charge >= 0.3 is 5.97 Å². The third-order valence-corrected chi connectivity index (χ3v) is 5.63. The lowest BCUT2D eigenvalue weighted by atomic mass is 9.99. The number of hydrogen-bond donors (Lipinski definition) is 1. The van der Waals surface area contributed by atoms with E-state index in [1.807, 2.05) is 6.07 Å². The van der Waals surface area contributed by atoms with Crippen molar-refractivity contribution in [1.29, 1.82) is 0 Å². The Morgan fingerprint density at radius 1 is 1.12 bits per heavy atom. The van der Waals surface area contributed by atoms with E-state index in [4.69, 9.17) is 4.74 Å². The summed E-state index contributed by atoms with van der Waals surface area (Å²) >= 11 is 1.47. The number of fused-ring (bicyclic) bond motifs is 1. The Balaban J connectivity index is 1.59. The number of anilines is 1. The van der Waals surface area contributed by atoms with Crippen molar-refractivity contribution in [3.05, 3.63) is 51.2 Å². The molecule has 1 aromatic carbocycles. The number of ketones is 1. The van der Waals surface area contributed by atoms with Gasteiger partial charge in [0.2, 0.25) is 0 Å². The van der Waals surface area contributed by atoms with Crippen molar-refractivity contribution >= 4 is 34.7 Å². The molecule has 0 bridgehead atoms. The summed E-state index contributed by atoms with van der Waals surface area (Å²) < 4.78 is 5.32. The maximum Gasteiger partial charge on any atom is 0.349 e. The van der Waals surface area contributed by atoms with Crippen LogP contribution in [0, 0.1) is 0 Å². The van der Waals surface area contributed by atoms with E-state index in [9.17, 15) is 14.4 Å². The van der Waals surface area contributed by atoms with E-state index in [1.165, 1.54) is 28.7 Å². The number of benzene rings is 1. The third kappa shape index (κ3) is 4.19. The third-order valence-electron chi connectivity index (χ3n) is 4.41. The van der Waals surface area contributed by atoms with Crippen LogP contribution in [0.5, 0.6) is 0 Å². The molecule has 1 heterocycles. The van der Waals surface area contributed by atoms with E-state index in [0.29, 0.717) is 16.1 Å². The van der Waals surface area contributed by atoms with Gasteiger partial charge in [-0.15, -0.1) is 11.3 Å². The second-order valence-corrected chi connectivity index (χ2v) is 7.57. The van der Waals surface area contributed by atoms with Crippen molar-refractivity contribution < 1.29 is 19.1 Å². The molecule has 0 aliphatic heterocycles. The van der Waals surface area contributed by atoms with Crippen LogP contribution in [-0.2, 0) is 22.4 Å². The first-order chi connectivity index (χ1) is 12.4. The Morgan fingerprint density at radius 2 is 1.81 bits per heavy atom. The van der Waals surface area contributed by atoms with Gasteiger partial charge in [-0.1, -0.05) is 0 Å². The number of carbonyl (C=O) groups excluding carboxylic acids is 3. The second-order valence-electron chi connectivity index (χ2n) is 6.44. The minimum Gasteiger partial charge on any atom is -0.448 e. The van der Waals surface area contributed by atoms with Gasteiger partial charge in [0.05, 0.1) is 0 Å². The number of amides is 1. The topological polar surface area (TPSA) is 72.5 Å². The van der Waals surface area contributed by atoms with Gasteiger partial charge in [-0.3, -0.25) is 9.59 Å². The molecule has 6 heteroatoms. The average molecular weight is 371 g/mol. The summed E-state index contributed by atoms with van der Waals surface area (Å²) in [6, 6.07) is 8.48. The van der Waals surface area contributed by atoms with E-state index in [-0.39, 0.29) is 5.78 Å². The summed E-state index contributed by atoms with van der Waals surface area (Å²) in [5, 5.41) is 2.69. The highest BCUT2D eigenvalue weighted by Gasteiger charge is 2.22. The van der Waals surface area contributed by atoms with Crippen LogP contribution in [0.2, 0.25) is 0 Å². The number of ether oxygens (including phenoxy) is 1. The highest BCUT2D eigenvalue weighted by Crippen LogP contribution is 2.30. The second kappa shape index (κ2) is 7.83. The van der Waals surface area contributed by atoms with Crippen LogP contribution < -0.4 is 5.32 Å². The highest BCUT2D eigenvalue weighted by atomic mass is 32.1. The number of rotatable bonds is 5. The maximum atomic E-state index is 12.3. The number of Topliss-reactive ketones (excluding diaryl/α,β-unsaturated/α-hetero) is 1. The molecule has 0 unspecified atom stereocenters. The standard InChI is InChI=1S/C20H21NO4S/c1-12(22)14-7-9-16(10-8-14)21-19(23)13(2)25-20(24)18-11-15-5-3-4-6-17(15)26-18/h7-11,13H,3-6H2,1-2H3,(H,21,23)/t13-/m1/s1. The van der Waals surface area contributed by atoms with Crippen LogP contribution in [0.4, 0.5) is 5.69 Å². The fourth-order valence-corrected chi connectivity index (χ4v) is 4.03. The van der Waals surface area contributed by atoms with Gasteiger partial charge in [-0.2, -0.15) is 0 Å². The lowest BCUT2D eigenvalue weighted by Gasteiger charge is -2.13. The molecule has 1 aliphatic carbocycles. The normalized spacial score (nSPS) is 14.2. The Hall–Kier alpha value is -2.47. The van der Waals surface area contributed by atoms with E-state index in [2.05, 4.69) is 5.32 Å². The van der Waals surface area contributed by atoms with Crippen molar-refractivity contribution in [2.75, 3.05) is 5.32 Å². The lowest BCUT2D eigenvalue weighted by molar-refractivity contribution is -0.123. The largest absolute Gasteiger partial charge is 0.448 e. The Bertz CT molecular complexity index is 814. The van der Waals surface area contributed by atoms with Crippen molar-refractivity contribution in [3.63, 3.8) is 0 Å². The zero-order chi connectivity index (χ0) is 18.7. The molecule has 5 nitrogen and oxygen atoms in total. The molecule has 0 radical (unpaired) electrons. The zero-order valence-electron chi connectivity index (χ0n) is 14.8. The maximum absolute atomic E-state index is 12.3. The molecule has 1 aromatic heterocycles. The molecule has 0 saturated heterocycles. The molecule has 1 amide bonds. The molecule has 0 saturated carbocycles. The first-order valence-electron chi connectivity index (χ1n) is 8.68. The van der Waals surface area contributed by atoms with Crippen LogP contribution in [-0.4, -0.2) is 23.8 Å². The first kappa shape index (κ1) is 18.3. The molecule has 0 fully saturated rings. The van der Waals surface area contributed by atoms with Gasteiger partial charge in [-0.25, -0.2) is 4.79 Å². The zero-order valence-corrected chi connectivity index (χ0v) is 15.7. The van der Waals surface area contributed by atoms with Gasteiger partial charge in [0.1, 0.15) is 4.88 Å². The van der Waals surface area contributed by atoms with Crippen LogP contribution in [0.1, 0.15) is 57.2 Å². The molecule has 1 atom stereocenters. The Kier molecular flexibility index (Phi) is 5.52. The van der Waals surface area contributed by atoms with Gasteiger partial charge in [0, 0.05) is 16.1 Å². The number of hydrogen-bond acceptors (Lipinski definition) is 5. The number of thiophene rings is 1. The quantitative estimate of drug-likeness (QED) is 0.637. The van der Waals surface area contributed by atoms with Crippen molar-refractivity contribution in [2.45, 2.75) is 45.6 Å². The molecular formula is C20H21NO4S. The number of esters is 1. The Morgan fingerprint density at radius 3 is 2.46 bits per heavy atom. The molecular weight excluding hydrogens is 350 g/mol. The van der Waals surface area contributed by atoms with Gasteiger partial charge < -0.3 is 10.1 Å². The number of carbonyl (C=O) groups is 3. The molecule has 26 heavy (non-hydrogen) atoms. The van der Waals surface area contributed by atoms with E-state index in [0.717, 1.165) is 25.7 Å². The Labute approximate surface area is 156 Å². The monoisotopic (exact) mass is 371 g/mol. The van der Waals surface area contributed by atoms with Crippen molar-refractivity contribution in [3.8, 4) is 0 Å². The van der Waals surface area contributed by atoms with Gasteiger partial charge in [0.25, 0.3) is 5.91 Å². The minimum atomic E-state index is -0.908. The predicted octanol–water partition coefficient (Wildman–Crippen LogP) is 4.01. The summed E-state index contributed by atoms with van der Waals surface area (Å²) in [6.45, 7) is 3.03. The SMILES string of the molecule is CC(=O)c1ccc(NC(=O)[C@@H](C)OC(=O)c2cc3c(s2)CCCC3)cc1. The minimum absolute atomic E-state index is 0.0381.